The van der Waals surface area contributed by atoms with Gasteiger partial charge < -0.3 is 25.8 Å². The number of carboxylic acids is 1. The van der Waals surface area contributed by atoms with Crippen molar-refractivity contribution in [3.8, 4) is 0 Å². The number of aliphatic carboxylic acids is 1. The van der Waals surface area contributed by atoms with E-state index in [1.54, 1.807) is 4.90 Å². The number of nitrogen functional groups attached to an aromatic ring is 1. The molecule has 1 aliphatic heterocycles. The molecule has 0 atom stereocenters. The zero-order valence-electron chi connectivity index (χ0n) is 8.77. The second-order valence-corrected chi connectivity index (χ2v) is 3.40. The summed E-state index contributed by atoms with van der Waals surface area (Å²) in [4.78, 5) is 29.6. The summed E-state index contributed by atoms with van der Waals surface area (Å²) in [5, 5.41) is 11.2. The first kappa shape index (κ1) is 11.2. The van der Waals surface area contributed by atoms with Crippen LogP contribution in [-0.2, 0) is 9.53 Å². The number of fused-ring (bicyclic) bond motifs is 1. The second-order valence-electron chi connectivity index (χ2n) is 3.40. The summed E-state index contributed by atoms with van der Waals surface area (Å²) < 4.78 is 4.91. The fraction of sp³-hybridized carbons (Fsp3) is 0.375. The standard InChI is InChI=1S/C8H11N5O4/c9-8-11-6-5(7(16)12-8)10-2-13(6)3-17-1-4(14)15/h10H,1-3H2,(H,14,15)(H3,9,11,12,16). The zero-order valence-corrected chi connectivity index (χ0v) is 8.77. The highest BCUT2D eigenvalue weighted by molar-refractivity contribution is 5.70. The number of aromatic nitrogens is 2. The van der Waals surface area contributed by atoms with Gasteiger partial charge in [-0.2, -0.15) is 4.98 Å². The monoisotopic (exact) mass is 241 g/mol. The van der Waals surface area contributed by atoms with Crippen LogP contribution in [0.15, 0.2) is 4.79 Å². The van der Waals surface area contributed by atoms with Gasteiger partial charge in [0.25, 0.3) is 5.56 Å². The minimum Gasteiger partial charge on any atom is -0.480 e. The maximum absolute atomic E-state index is 11.5. The van der Waals surface area contributed by atoms with E-state index < -0.39 is 12.6 Å². The predicted octanol–water partition coefficient (Wildman–Crippen LogP) is -1.40. The van der Waals surface area contributed by atoms with Crippen LogP contribution in [0.4, 0.5) is 17.5 Å². The number of carboxylic acid groups (broad SMARTS) is 1. The summed E-state index contributed by atoms with van der Waals surface area (Å²) in [6, 6.07) is 0. The van der Waals surface area contributed by atoms with E-state index >= 15 is 0 Å². The van der Waals surface area contributed by atoms with Crippen molar-refractivity contribution in [1.82, 2.24) is 9.97 Å². The average molecular weight is 241 g/mol. The van der Waals surface area contributed by atoms with Gasteiger partial charge in [0.1, 0.15) is 19.0 Å². The molecule has 0 fully saturated rings. The Hall–Kier alpha value is -2.29. The summed E-state index contributed by atoms with van der Waals surface area (Å²) in [5.74, 6) is -0.701. The molecule has 92 valence electrons. The van der Waals surface area contributed by atoms with Crippen LogP contribution < -0.4 is 21.5 Å². The molecular weight excluding hydrogens is 230 g/mol. The van der Waals surface area contributed by atoms with Crippen LogP contribution in [0.5, 0.6) is 0 Å². The van der Waals surface area contributed by atoms with Gasteiger partial charge in [0.05, 0.1) is 6.67 Å². The fourth-order valence-electron chi connectivity index (χ4n) is 1.47. The first-order valence-electron chi connectivity index (χ1n) is 4.76. The third-order valence-electron chi connectivity index (χ3n) is 2.14. The lowest BCUT2D eigenvalue weighted by molar-refractivity contribution is -0.142. The fourth-order valence-corrected chi connectivity index (χ4v) is 1.47. The van der Waals surface area contributed by atoms with Gasteiger partial charge in [-0.1, -0.05) is 0 Å². The maximum atomic E-state index is 11.5. The van der Waals surface area contributed by atoms with E-state index in [-0.39, 0.29) is 18.2 Å². The Morgan fingerprint density at radius 1 is 1.65 bits per heavy atom. The van der Waals surface area contributed by atoms with Gasteiger partial charge in [-0.15, -0.1) is 0 Å². The molecule has 2 rings (SSSR count). The third-order valence-corrected chi connectivity index (χ3v) is 2.14. The lowest BCUT2D eigenvalue weighted by Crippen LogP contribution is -2.28. The van der Waals surface area contributed by atoms with Gasteiger partial charge in [0.15, 0.2) is 5.82 Å². The Bertz CT molecular complexity index is 499. The van der Waals surface area contributed by atoms with E-state index in [4.69, 9.17) is 15.6 Å². The van der Waals surface area contributed by atoms with Crippen LogP contribution in [0.1, 0.15) is 0 Å². The summed E-state index contributed by atoms with van der Waals surface area (Å²) in [5.41, 5.74) is 5.35. The minimum atomic E-state index is -1.06. The highest BCUT2D eigenvalue weighted by Crippen LogP contribution is 2.24. The molecule has 0 radical (unpaired) electrons. The second kappa shape index (κ2) is 4.29. The topological polar surface area (TPSA) is 134 Å². The van der Waals surface area contributed by atoms with E-state index in [2.05, 4.69) is 15.3 Å². The van der Waals surface area contributed by atoms with Crippen LogP contribution in [0.2, 0.25) is 0 Å². The molecule has 0 bridgehead atoms. The summed E-state index contributed by atoms with van der Waals surface area (Å²) in [6.07, 6.45) is 0. The van der Waals surface area contributed by atoms with E-state index in [0.717, 1.165) is 0 Å². The van der Waals surface area contributed by atoms with Gasteiger partial charge in [-0.05, 0) is 0 Å². The summed E-state index contributed by atoms with van der Waals surface area (Å²) >= 11 is 0. The van der Waals surface area contributed by atoms with Crippen molar-refractivity contribution in [2.45, 2.75) is 0 Å². The number of ether oxygens (including phenoxy) is 1. The summed E-state index contributed by atoms with van der Waals surface area (Å²) in [6.45, 7) is -0.0822. The Kier molecular flexibility index (Phi) is 2.83. The molecule has 5 N–H and O–H groups in total. The zero-order chi connectivity index (χ0) is 12.4. The van der Waals surface area contributed by atoms with Crippen molar-refractivity contribution >= 4 is 23.4 Å². The number of nitrogens with one attached hydrogen (secondary N) is 2. The molecule has 0 aromatic carbocycles. The van der Waals surface area contributed by atoms with E-state index in [1.807, 2.05) is 0 Å². The Morgan fingerprint density at radius 3 is 3.12 bits per heavy atom. The number of hydrogen-bond acceptors (Lipinski definition) is 7. The molecule has 17 heavy (non-hydrogen) atoms. The van der Waals surface area contributed by atoms with Crippen molar-refractivity contribution < 1.29 is 14.6 Å². The van der Waals surface area contributed by atoms with Crippen molar-refractivity contribution in [1.29, 1.82) is 0 Å². The number of anilines is 3. The van der Waals surface area contributed by atoms with Crippen LogP contribution in [-0.4, -0.2) is 41.1 Å². The van der Waals surface area contributed by atoms with Crippen molar-refractivity contribution in [2.24, 2.45) is 0 Å². The third kappa shape index (κ3) is 2.28. The lowest BCUT2D eigenvalue weighted by Gasteiger charge is -2.15. The highest BCUT2D eigenvalue weighted by atomic mass is 16.5. The molecule has 0 spiro atoms. The Morgan fingerprint density at radius 2 is 2.41 bits per heavy atom. The van der Waals surface area contributed by atoms with Crippen LogP contribution in [0.25, 0.3) is 0 Å². The molecule has 0 saturated carbocycles. The van der Waals surface area contributed by atoms with Gasteiger partial charge >= 0.3 is 5.97 Å². The van der Waals surface area contributed by atoms with Crippen LogP contribution >= 0.6 is 0 Å². The highest BCUT2D eigenvalue weighted by Gasteiger charge is 2.23. The number of carbonyl (C=O) groups is 1. The van der Waals surface area contributed by atoms with Gasteiger partial charge in [0, 0.05) is 0 Å². The number of rotatable bonds is 4. The molecule has 9 heteroatoms. The Labute approximate surface area is 95.2 Å². The molecule has 1 aromatic rings. The predicted molar refractivity (Wildman–Crippen MR) is 58.7 cm³/mol. The molecule has 0 saturated heterocycles. The number of nitrogens with two attached hydrogens (primary N) is 1. The van der Waals surface area contributed by atoms with Gasteiger partial charge in [-0.25, -0.2) is 4.79 Å². The molecular formula is C8H11N5O4. The van der Waals surface area contributed by atoms with Gasteiger partial charge in [0.2, 0.25) is 5.95 Å². The molecule has 0 aliphatic carbocycles. The number of H-pyrrole nitrogens is 1. The normalized spacial score (nSPS) is 13.3. The molecule has 2 heterocycles. The van der Waals surface area contributed by atoms with E-state index in [1.165, 1.54) is 0 Å². The first-order valence-corrected chi connectivity index (χ1v) is 4.76. The largest absolute Gasteiger partial charge is 0.480 e. The number of aromatic amines is 1. The van der Waals surface area contributed by atoms with E-state index in [9.17, 15) is 9.59 Å². The lowest BCUT2D eigenvalue weighted by atomic mass is 10.5. The quantitative estimate of drug-likeness (QED) is 0.505. The molecule has 9 nitrogen and oxygen atoms in total. The minimum absolute atomic E-state index is 0.000634. The summed E-state index contributed by atoms with van der Waals surface area (Å²) in [7, 11) is 0. The van der Waals surface area contributed by atoms with Crippen LogP contribution in [0.3, 0.4) is 0 Å². The van der Waals surface area contributed by atoms with Crippen molar-refractivity contribution in [3.63, 3.8) is 0 Å². The smallest absolute Gasteiger partial charge is 0.329 e. The molecule has 0 unspecified atom stereocenters. The molecule has 1 aromatic heterocycles. The number of hydrogen-bond donors (Lipinski definition) is 4. The van der Waals surface area contributed by atoms with E-state index in [0.29, 0.717) is 18.2 Å². The SMILES string of the molecule is Nc1nc2c(c(=O)[nH]1)NCN2COCC(=O)O. The molecule has 0 amide bonds. The average Bonchev–Trinajstić information content (AvgIpc) is 2.61. The first-order chi connectivity index (χ1) is 8.08. The van der Waals surface area contributed by atoms with Crippen molar-refractivity contribution in [2.75, 3.05) is 36.0 Å². The molecule has 1 aliphatic rings. The van der Waals surface area contributed by atoms with Crippen molar-refractivity contribution in [3.05, 3.63) is 10.4 Å². The Balaban J connectivity index is 2.11. The van der Waals surface area contributed by atoms with Gasteiger partial charge in [-0.3, -0.25) is 9.78 Å². The maximum Gasteiger partial charge on any atom is 0.329 e. The number of nitrogens with zero attached hydrogens (tertiary/aromatic N) is 2. The van der Waals surface area contributed by atoms with Crippen LogP contribution in [0, 0.1) is 0 Å².